The first kappa shape index (κ1) is 102. The SMILES string of the molecule is CC1(C)C(C=C(Cl)Cl)C1C(=O)Nc1ccc(S(=O)(=O)NC2NC=CS2)cc1.CC1(O)CC(c2ccccc2)=NN1C(=O)c1ccc([N+](=O)[O-])cc1.CCOC(=O)c1cnc2c(C)cccc2c1NCc1cccnc1.CCOc1cc(CN2CCN(C/C=C/c3ccccc3)CC2)ccc1OC.O=C(Nc1c2c(nn1-c1ccc(Cl)cc1)CS(=O)(=O)C2)C1CCC(S(=O)(=O)N2CCCC2)CC1. The van der Waals surface area contributed by atoms with Gasteiger partial charge >= 0.3 is 5.97 Å². The van der Waals surface area contributed by atoms with Crippen LogP contribution >= 0.6 is 46.6 Å². The molecule has 8 heterocycles. The van der Waals surface area contributed by atoms with Gasteiger partial charge in [0.05, 0.1) is 81.1 Å². The van der Waals surface area contributed by atoms with Crippen LogP contribution in [0.3, 0.4) is 0 Å². The van der Waals surface area contributed by atoms with E-state index in [1.54, 1.807) is 95.7 Å². The molecule has 2 saturated carbocycles. The third-order valence-electron chi connectivity index (χ3n) is 24.2. The number of aryl methyl sites for hydroxylation is 1. The van der Waals surface area contributed by atoms with Gasteiger partial charge in [0.15, 0.2) is 27.1 Å². The molecule has 4 atom stereocenters. The molecule has 4 fully saturated rings. The van der Waals surface area contributed by atoms with Crippen LogP contribution in [-0.2, 0) is 68.8 Å². The number of non-ortho nitro benzene ring substituents is 1. The van der Waals surface area contributed by atoms with Gasteiger partial charge in [-0.2, -0.15) is 19.9 Å². The first-order chi connectivity index (χ1) is 65.1. The highest BCUT2D eigenvalue weighted by molar-refractivity contribution is 8.03. The van der Waals surface area contributed by atoms with Crippen LogP contribution in [-0.4, -0.2) is 186 Å². The first-order valence-corrected chi connectivity index (χ1v) is 51.5. The molecule has 4 unspecified atom stereocenters. The molecular weight excluding hydrogens is 1880 g/mol. The number of aliphatic hydroxyl groups is 1. The maximum atomic E-state index is 13.2. The minimum absolute atomic E-state index is 0.0311. The minimum atomic E-state index is -3.66. The summed E-state index contributed by atoms with van der Waals surface area (Å²) in [5.41, 5.74) is 8.27. The number of sulfonamides is 2. The number of nitrogens with one attached hydrogen (secondary N) is 5. The highest BCUT2D eigenvalue weighted by atomic mass is 35.5. The summed E-state index contributed by atoms with van der Waals surface area (Å²) < 4.78 is 96.9. The number of nitro groups is 1. The van der Waals surface area contributed by atoms with Crippen molar-refractivity contribution in [3.8, 4) is 17.2 Å². The van der Waals surface area contributed by atoms with E-state index in [9.17, 15) is 59.7 Å². The second-order valence-corrected chi connectivity index (χ2v) is 42.7. The average molecular weight is 1990 g/mol. The Morgan fingerprint density at radius 3 is 2.09 bits per heavy atom. The van der Waals surface area contributed by atoms with E-state index in [0.717, 1.165) is 102 Å². The maximum absolute atomic E-state index is 13.2. The lowest BCUT2D eigenvalue weighted by Crippen LogP contribution is -2.45. The zero-order valence-corrected chi connectivity index (χ0v) is 81.8. The van der Waals surface area contributed by atoms with Crippen molar-refractivity contribution in [1.82, 2.24) is 48.9 Å². The van der Waals surface area contributed by atoms with Gasteiger partial charge in [0.25, 0.3) is 11.6 Å². The smallest absolute Gasteiger partial charge is 0.341 e. The molecular formula is C98H110Cl3N15O16S4. The number of methoxy groups -OCH3 is 1. The number of nitro benzene ring substituents is 1. The molecule has 10 aromatic rings. The van der Waals surface area contributed by atoms with E-state index >= 15 is 0 Å². The van der Waals surface area contributed by atoms with Crippen LogP contribution in [0.2, 0.25) is 5.02 Å². The van der Waals surface area contributed by atoms with E-state index in [-0.39, 0.29) is 79.5 Å². The topological polar surface area (TPSA) is 391 Å². The number of piperazine rings is 1. The van der Waals surface area contributed by atoms with E-state index in [4.69, 9.17) is 49.0 Å². The number of amides is 3. The van der Waals surface area contributed by atoms with Gasteiger partial charge in [-0.15, -0.1) is 0 Å². The predicted octanol–water partition coefficient (Wildman–Crippen LogP) is 16.7. The summed E-state index contributed by atoms with van der Waals surface area (Å²) in [5, 5.41) is 45.8. The van der Waals surface area contributed by atoms with Gasteiger partial charge in [0, 0.05) is 135 Å². The van der Waals surface area contributed by atoms with Crippen molar-refractivity contribution in [2.75, 3.05) is 82.1 Å². The van der Waals surface area contributed by atoms with Crippen molar-refractivity contribution in [1.29, 1.82) is 0 Å². The van der Waals surface area contributed by atoms with Crippen molar-refractivity contribution < 1.29 is 68.7 Å². The molecule has 31 nitrogen and oxygen atoms in total. The van der Waals surface area contributed by atoms with Gasteiger partial charge < -0.3 is 40.6 Å². The molecule has 718 valence electrons. The normalized spacial score (nSPS) is 19.8. The summed E-state index contributed by atoms with van der Waals surface area (Å²) >= 11 is 18.8. The molecule has 3 aromatic heterocycles. The number of ether oxygens (including phenoxy) is 3. The number of sulfone groups is 1. The van der Waals surface area contributed by atoms with E-state index in [1.165, 1.54) is 66.2 Å². The lowest BCUT2D eigenvalue weighted by atomic mass is 9.88. The molecule has 3 amide bonds. The molecule has 17 rings (SSSR count). The van der Waals surface area contributed by atoms with Crippen molar-refractivity contribution >= 4 is 146 Å². The van der Waals surface area contributed by atoms with Crippen LogP contribution in [0, 0.1) is 40.2 Å². The minimum Gasteiger partial charge on any atom is -0.493 e. The number of rotatable bonds is 27. The second kappa shape index (κ2) is 46.1. The number of para-hydroxylation sites is 1. The Morgan fingerprint density at radius 2 is 1.45 bits per heavy atom. The number of fused-ring (bicyclic) bond motifs is 2. The fourth-order valence-corrected chi connectivity index (χ4v) is 22.8. The number of pyridine rings is 2. The number of hydrogen-bond donors (Lipinski definition) is 6. The molecule has 0 bridgehead atoms. The predicted molar refractivity (Wildman–Crippen MR) is 531 cm³/mol. The number of thioether (sulfide) groups is 1. The molecule has 2 aliphatic carbocycles. The highest BCUT2D eigenvalue weighted by Crippen LogP contribution is 2.60. The van der Waals surface area contributed by atoms with Crippen molar-refractivity contribution in [3.05, 3.63) is 294 Å². The maximum Gasteiger partial charge on any atom is 0.341 e. The van der Waals surface area contributed by atoms with Gasteiger partial charge in [-0.25, -0.2) is 39.0 Å². The Labute approximate surface area is 811 Å². The number of allylic oxidation sites excluding steroid dienone is 1. The largest absolute Gasteiger partial charge is 0.493 e. The molecule has 7 aliphatic rings. The van der Waals surface area contributed by atoms with Crippen LogP contribution in [0.4, 0.5) is 22.9 Å². The molecule has 38 heteroatoms. The van der Waals surface area contributed by atoms with E-state index in [1.807, 2.05) is 94.4 Å². The summed E-state index contributed by atoms with van der Waals surface area (Å²) in [6, 6.07) is 54.0. The summed E-state index contributed by atoms with van der Waals surface area (Å²) in [7, 11) is -8.59. The van der Waals surface area contributed by atoms with Crippen LogP contribution in [0.5, 0.6) is 11.5 Å². The number of carbonyl (C=O) groups is 4. The highest BCUT2D eigenvalue weighted by Gasteiger charge is 2.60. The number of aromatic nitrogens is 4. The number of carbonyl (C=O) groups excluding carboxylic acids is 4. The standard InChI is InChI=1S/C23H30N2O2.C22H27ClN4O5S2.C19H19N3O2.C17H19Cl2N3O3S2.C17H15N3O4/c1-3-27-23-18-21(11-12-22(23)26-2)19-25-16-14-24(15-17-25)13-7-10-20-8-5-4-6-9-20;23-16-5-7-17(8-6-16)27-21(19-13-33(29,30)14-20(19)25-27)24-22(28)15-3-9-18(10-4-15)34(31,32)26-11-1-2-12-26;1-3-24-19(23)16-12-22-17-13(2)6-4-8-15(17)18(16)21-11-14-7-5-9-20-10-14;1-17(2)12(9-13(18)19)14(17)15(23)21-10-3-5-11(6-4-10)27(24,25)22-16-20-7-8-26-16;1-17(22)11-15(12-5-3-2-4-6-12)18-19(17)16(21)13-7-9-14(10-8-13)20(23)24/h4-12,18H,3,13-17,19H2,1-2H3;5-8,15,18H,1-4,9-14H2,(H,24,28);4-10,12H,3,11H2,1-2H3,(H,21,22);3-9,12,14,16,20,22H,1-2H3,(H,21,23);2-10,22H,11H2,1H3/b10-7+;;;;. The number of esters is 1. The van der Waals surface area contributed by atoms with E-state index < -0.39 is 57.2 Å². The molecule has 0 spiro atoms. The number of hydrazone groups is 1. The van der Waals surface area contributed by atoms with Crippen LogP contribution < -0.4 is 35.5 Å². The lowest BCUT2D eigenvalue weighted by Gasteiger charge is -2.34. The summed E-state index contributed by atoms with van der Waals surface area (Å²) in [6.45, 7) is 20.3. The van der Waals surface area contributed by atoms with Crippen molar-refractivity contribution in [3.63, 3.8) is 0 Å². The van der Waals surface area contributed by atoms with E-state index in [0.29, 0.717) is 103 Å². The number of hydrogen-bond acceptors (Lipinski definition) is 25. The third kappa shape index (κ3) is 26.5. The monoisotopic (exact) mass is 1990 g/mol. The fourth-order valence-electron chi connectivity index (χ4n) is 16.8. The number of benzene rings is 7. The van der Waals surface area contributed by atoms with Crippen molar-refractivity contribution in [2.45, 2.75) is 132 Å². The Morgan fingerprint density at radius 1 is 0.757 bits per heavy atom. The number of anilines is 3. The molecule has 6 N–H and O–H groups in total. The average Bonchev–Trinajstić information content (AvgIpc) is 1.57. The summed E-state index contributed by atoms with van der Waals surface area (Å²) in [4.78, 5) is 74.5. The molecule has 2 saturated heterocycles. The zero-order valence-electron chi connectivity index (χ0n) is 76.3. The molecule has 5 aliphatic heterocycles. The lowest BCUT2D eigenvalue weighted by molar-refractivity contribution is -0.384. The Hall–Kier alpha value is -11.5. The number of halogens is 3. The van der Waals surface area contributed by atoms with Crippen LogP contribution in [0.1, 0.15) is 139 Å². The third-order valence-corrected chi connectivity index (χ3v) is 30.9. The summed E-state index contributed by atoms with van der Waals surface area (Å²) in [5.74, 6) is -0.230. The zero-order chi connectivity index (χ0) is 97.1. The van der Waals surface area contributed by atoms with Gasteiger partial charge in [0.1, 0.15) is 21.4 Å². The van der Waals surface area contributed by atoms with E-state index in [2.05, 4.69) is 111 Å². The Bertz CT molecular complexity index is 6380. The van der Waals surface area contributed by atoms with Crippen LogP contribution in [0.15, 0.2) is 239 Å². The fraction of sp³-hybridized carbons (Fsp3) is 0.347. The first-order valence-electron chi connectivity index (χ1n) is 44.6. The molecule has 7 aromatic carbocycles. The number of nitrogens with zero attached hydrogens (tertiary/aromatic N) is 10. The van der Waals surface area contributed by atoms with Gasteiger partial charge in [-0.3, -0.25) is 44.3 Å². The second-order valence-electron chi connectivity index (χ2n) is 34.2. The van der Waals surface area contributed by atoms with Crippen molar-refractivity contribution in [2.24, 2.45) is 28.3 Å². The van der Waals surface area contributed by atoms with Gasteiger partial charge in [-0.1, -0.05) is 164 Å². The summed E-state index contributed by atoms with van der Waals surface area (Å²) in [6.07, 6.45) is 16.8. The Balaban J connectivity index is 0.000000145. The molecule has 136 heavy (non-hydrogen) atoms. The quantitative estimate of drug-likeness (QED) is 0.0158. The van der Waals surface area contributed by atoms with Gasteiger partial charge in [-0.05, 0) is 196 Å². The van der Waals surface area contributed by atoms with Gasteiger partial charge in [0.2, 0.25) is 31.9 Å². The molecule has 0 radical (unpaired) electrons. The Kier molecular flexibility index (Phi) is 34.6. The van der Waals surface area contributed by atoms with Crippen LogP contribution in [0.25, 0.3) is 22.7 Å².